The van der Waals surface area contributed by atoms with Crippen LogP contribution in [0.1, 0.15) is 21.1 Å². The van der Waals surface area contributed by atoms with Gasteiger partial charge in [-0.15, -0.1) is 23.1 Å². The molecule has 2 aromatic rings. The maximum absolute atomic E-state index is 13.0. The van der Waals surface area contributed by atoms with E-state index in [1.807, 2.05) is 25.1 Å². The Hall–Kier alpha value is -2.60. The third-order valence-electron chi connectivity index (χ3n) is 4.95. The number of aromatic nitrogens is 1. The molecule has 1 aromatic heterocycles. The number of nitrogens with one attached hydrogen (secondary N) is 1. The van der Waals surface area contributed by atoms with E-state index < -0.39 is 23.2 Å². The van der Waals surface area contributed by atoms with Gasteiger partial charge >= 0.3 is 5.97 Å². The summed E-state index contributed by atoms with van der Waals surface area (Å²) in [5, 5.41) is 9.42. The summed E-state index contributed by atoms with van der Waals surface area (Å²) in [6.45, 7) is 1.82. The van der Waals surface area contributed by atoms with Gasteiger partial charge in [0.25, 0.3) is 11.8 Å². The standard InChI is InChI=1S/C21H19N3O5S3/c1-11-14(7-8-25)32-18(22-11)13-10-31-20-17(30)19(27)24(20)16(13)21(28)29-23-15(26)9-12-5-3-2-4-6-12/h2-6,20,25H,7-10H2,1H3,(H,23,26)/t20-/m0/s1. The van der Waals surface area contributed by atoms with Crippen LogP contribution in [0.4, 0.5) is 0 Å². The second kappa shape index (κ2) is 9.49. The predicted octanol–water partition coefficient (Wildman–Crippen LogP) is 1.80. The molecule has 8 nitrogen and oxygen atoms in total. The Balaban J connectivity index is 1.58. The van der Waals surface area contributed by atoms with Gasteiger partial charge in [0, 0.05) is 29.2 Å². The molecular weight excluding hydrogens is 470 g/mol. The minimum Gasteiger partial charge on any atom is -0.396 e. The van der Waals surface area contributed by atoms with Crippen molar-refractivity contribution in [1.29, 1.82) is 0 Å². The molecule has 0 unspecified atom stereocenters. The number of hydroxylamine groups is 1. The molecule has 2 N–H and O–H groups in total. The molecule has 2 amide bonds. The number of fused-ring (bicyclic) bond motifs is 1. The molecule has 0 bridgehead atoms. The van der Waals surface area contributed by atoms with Crippen molar-refractivity contribution in [2.75, 3.05) is 12.4 Å². The Morgan fingerprint density at radius 3 is 2.81 bits per heavy atom. The quantitative estimate of drug-likeness (QED) is 0.359. The third-order valence-corrected chi connectivity index (χ3v) is 7.99. The average Bonchev–Trinajstić information content (AvgIpc) is 3.16. The fourth-order valence-corrected chi connectivity index (χ4v) is 6.17. The molecule has 0 radical (unpaired) electrons. The van der Waals surface area contributed by atoms with E-state index >= 15 is 0 Å². The number of benzene rings is 1. The van der Waals surface area contributed by atoms with E-state index in [4.69, 9.17) is 17.1 Å². The van der Waals surface area contributed by atoms with E-state index in [-0.39, 0.29) is 23.6 Å². The van der Waals surface area contributed by atoms with Crippen LogP contribution >= 0.6 is 35.3 Å². The van der Waals surface area contributed by atoms with Crippen LogP contribution < -0.4 is 5.48 Å². The summed E-state index contributed by atoms with van der Waals surface area (Å²) < 4.78 is 0. The summed E-state index contributed by atoms with van der Waals surface area (Å²) in [4.78, 5) is 49.7. The van der Waals surface area contributed by atoms with Crippen molar-refractivity contribution in [2.45, 2.75) is 25.1 Å². The van der Waals surface area contributed by atoms with E-state index in [1.54, 1.807) is 12.1 Å². The van der Waals surface area contributed by atoms with Crippen molar-refractivity contribution < 1.29 is 24.3 Å². The largest absolute Gasteiger partial charge is 0.396 e. The second-order valence-electron chi connectivity index (χ2n) is 7.11. The zero-order valence-corrected chi connectivity index (χ0v) is 19.4. The minimum atomic E-state index is -0.848. The highest BCUT2D eigenvalue weighted by Crippen LogP contribution is 2.43. The molecule has 1 atom stereocenters. The first-order valence-corrected chi connectivity index (χ1v) is 12.0. The number of thioether (sulfide) groups is 1. The number of thiocarbonyl (C=S) groups is 1. The number of nitrogens with zero attached hydrogens (tertiary/aromatic N) is 2. The summed E-state index contributed by atoms with van der Waals surface area (Å²) in [5.41, 5.74) is 4.28. The fraction of sp³-hybridized carbons (Fsp3) is 0.286. The lowest BCUT2D eigenvalue weighted by Gasteiger charge is -2.44. The summed E-state index contributed by atoms with van der Waals surface area (Å²) in [7, 11) is 0. The van der Waals surface area contributed by atoms with Gasteiger partial charge in [-0.05, 0) is 12.5 Å². The van der Waals surface area contributed by atoms with Crippen molar-refractivity contribution in [3.8, 4) is 0 Å². The van der Waals surface area contributed by atoms with Crippen LogP contribution in [0.2, 0.25) is 0 Å². The Kier molecular flexibility index (Phi) is 6.70. The Labute approximate surface area is 197 Å². The molecule has 166 valence electrons. The molecule has 2 aliphatic rings. The van der Waals surface area contributed by atoms with Crippen LogP contribution in [0.5, 0.6) is 0 Å². The summed E-state index contributed by atoms with van der Waals surface area (Å²) in [6.07, 6.45) is 0.496. The van der Waals surface area contributed by atoms with Gasteiger partial charge in [-0.3, -0.25) is 14.5 Å². The number of carbonyl (C=O) groups excluding carboxylic acids is 3. The molecule has 11 heteroatoms. The van der Waals surface area contributed by atoms with E-state index in [0.717, 1.165) is 16.1 Å². The number of aliphatic hydroxyl groups excluding tert-OH is 1. The lowest BCUT2D eigenvalue weighted by atomic mass is 10.1. The molecule has 1 saturated heterocycles. The highest BCUT2D eigenvalue weighted by Gasteiger charge is 2.51. The number of aryl methyl sites for hydroxylation is 1. The van der Waals surface area contributed by atoms with Crippen LogP contribution in [0.15, 0.2) is 36.0 Å². The topological polar surface area (TPSA) is 109 Å². The third kappa shape index (κ3) is 4.33. The molecule has 0 saturated carbocycles. The van der Waals surface area contributed by atoms with Gasteiger partial charge in [0.05, 0.1) is 12.1 Å². The fourth-order valence-electron chi connectivity index (χ4n) is 3.37. The molecule has 0 aliphatic carbocycles. The van der Waals surface area contributed by atoms with Crippen molar-refractivity contribution >= 4 is 63.5 Å². The van der Waals surface area contributed by atoms with E-state index in [1.165, 1.54) is 28.0 Å². The highest BCUT2D eigenvalue weighted by molar-refractivity contribution is 8.02. The number of carbonyl (C=O) groups is 3. The van der Waals surface area contributed by atoms with Gasteiger partial charge in [-0.25, -0.2) is 9.78 Å². The predicted molar refractivity (Wildman–Crippen MR) is 125 cm³/mol. The minimum absolute atomic E-state index is 0.0143. The lowest BCUT2D eigenvalue weighted by Crippen LogP contribution is -2.61. The maximum Gasteiger partial charge on any atom is 0.379 e. The molecule has 32 heavy (non-hydrogen) atoms. The number of hydrogen-bond acceptors (Lipinski definition) is 9. The zero-order valence-electron chi connectivity index (χ0n) is 17.0. The van der Waals surface area contributed by atoms with Crippen LogP contribution in [-0.4, -0.2) is 55.4 Å². The van der Waals surface area contributed by atoms with E-state index in [0.29, 0.717) is 22.8 Å². The Morgan fingerprint density at radius 2 is 2.09 bits per heavy atom. The van der Waals surface area contributed by atoms with Crippen LogP contribution in [-0.2, 0) is 32.1 Å². The van der Waals surface area contributed by atoms with E-state index in [9.17, 15) is 19.5 Å². The second-order valence-corrected chi connectivity index (χ2v) is 9.70. The summed E-state index contributed by atoms with van der Waals surface area (Å²) in [6, 6.07) is 9.04. The molecular formula is C21H19N3O5S3. The number of β-lactam (4-membered cyclic amide) rings is 1. The van der Waals surface area contributed by atoms with Gasteiger partial charge in [0.1, 0.15) is 20.9 Å². The Bertz CT molecular complexity index is 1130. The molecule has 3 heterocycles. The zero-order chi connectivity index (χ0) is 22.8. The maximum atomic E-state index is 13.0. The van der Waals surface area contributed by atoms with Crippen molar-refractivity contribution in [1.82, 2.24) is 15.4 Å². The first-order valence-electron chi connectivity index (χ1n) is 9.74. The molecule has 1 fully saturated rings. The molecule has 0 spiro atoms. The number of aliphatic hydroxyl groups is 1. The van der Waals surface area contributed by atoms with Gasteiger partial charge in [0.15, 0.2) is 0 Å². The highest BCUT2D eigenvalue weighted by atomic mass is 32.2. The van der Waals surface area contributed by atoms with Gasteiger partial charge in [-0.2, -0.15) is 5.48 Å². The first-order chi connectivity index (χ1) is 15.4. The van der Waals surface area contributed by atoms with Crippen molar-refractivity contribution in [3.05, 3.63) is 57.2 Å². The van der Waals surface area contributed by atoms with Gasteiger partial charge < -0.3 is 9.94 Å². The van der Waals surface area contributed by atoms with Crippen LogP contribution in [0.25, 0.3) is 5.57 Å². The van der Waals surface area contributed by atoms with E-state index in [2.05, 4.69) is 10.5 Å². The lowest BCUT2D eigenvalue weighted by molar-refractivity contribution is -0.156. The number of amides is 2. The first kappa shape index (κ1) is 22.6. The monoisotopic (exact) mass is 489 g/mol. The van der Waals surface area contributed by atoms with Crippen molar-refractivity contribution in [3.63, 3.8) is 0 Å². The molecule has 4 rings (SSSR count). The summed E-state index contributed by atoms with van der Waals surface area (Å²) >= 11 is 7.93. The normalized spacial score (nSPS) is 17.7. The SMILES string of the molecule is Cc1nc(C2=C(C(=O)ONC(=O)Cc3ccccc3)N3C(=O)C(=S)[C@@H]3SC2)sc1CCO. The molecule has 1 aromatic carbocycles. The summed E-state index contributed by atoms with van der Waals surface area (Å²) in [5.74, 6) is -1.36. The van der Waals surface area contributed by atoms with Crippen molar-refractivity contribution in [2.24, 2.45) is 0 Å². The molecule has 2 aliphatic heterocycles. The number of thiazole rings is 1. The smallest absolute Gasteiger partial charge is 0.379 e. The number of hydrogen-bond donors (Lipinski definition) is 2. The van der Waals surface area contributed by atoms with Gasteiger partial charge in [-0.1, -0.05) is 42.5 Å². The number of rotatable bonds is 6. The van der Waals surface area contributed by atoms with Crippen LogP contribution in [0.3, 0.4) is 0 Å². The Morgan fingerprint density at radius 1 is 1.34 bits per heavy atom. The van der Waals surface area contributed by atoms with Gasteiger partial charge in [0.2, 0.25) is 0 Å². The average molecular weight is 490 g/mol. The van der Waals surface area contributed by atoms with Crippen LogP contribution in [0, 0.1) is 6.92 Å².